The number of carbonyl (C=O) groups is 1. The molecule has 9 heteroatoms. The third-order valence-corrected chi connectivity index (χ3v) is 9.16. The number of nitrogens with one attached hydrogen (secondary N) is 2. The van der Waals surface area contributed by atoms with Gasteiger partial charge < -0.3 is 15.0 Å². The molecule has 1 amide bonds. The third kappa shape index (κ3) is 6.93. The number of hydrogen-bond acceptors (Lipinski definition) is 4. The largest absolute Gasteiger partial charge is 0.389 e. The predicted molar refractivity (Wildman–Crippen MR) is 158 cm³/mol. The molecule has 2 atom stereocenters. The molecule has 40 heavy (non-hydrogen) atoms. The zero-order valence-electron chi connectivity index (χ0n) is 24.3. The maximum absolute atomic E-state index is 14.3. The summed E-state index contributed by atoms with van der Waals surface area (Å²) in [6.07, 6.45) is 1.98. The van der Waals surface area contributed by atoms with Crippen LogP contribution in [0.1, 0.15) is 76.4 Å². The Hall–Kier alpha value is -2.75. The smallest absolute Gasteiger partial charge is 0.253 e. The summed E-state index contributed by atoms with van der Waals surface area (Å²) in [6.45, 7) is 11.2. The standard InChI is InChI=1S/C31H42FN3O4S/c1-20-26(29(36)33-19-31(5,6)37)17-27(35(20)18-21-10-9-11-22(32)16-21)24-14-15-28(25-13-8-7-12-23(24)25)40(38,39)34-30(2,3)4/h7-8,12-15,17,21-22,34,37H,9-11,16,18-19H2,1-6H3,(H,33,36). The zero-order valence-corrected chi connectivity index (χ0v) is 25.2. The van der Waals surface area contributed by atoms with Crippen molar-refractivity contribution in [3.8, 4) is 11.3 Å². The lowest BCUT2D eigenvalue weighted by Crippen LogP contribution is -2.40. The molecule has 1 aliphatic rings. The van der Waals surface area contributed by atoms with E-state index in [-0.39, 0.29) is 23.3 Å². The molecule has 1 fully saturated rings. The fraction of sp³-hybridized carbons (Fsp3) is 0.516. The van der Waals surface area contributed by atoms with Crippen LogP contribution in [-0.2, 0) is 16.6 Å². The SMILES string of the molecule is Cc1c(C(=O)NCC(C)(C)O)cc(-c2ccc(S(=O)(=O)NC(C)(C)C)c3ccccc23)n1CC1CCCC(F)C1. The average Bonchev–Trinajstić information content (AvgIpc) is 3.15. The first-order chi connectivity index (χ1) is 18.6. The van der Waals surface area contributed by atoms with E-state index in [1.807, 2.05) is 31.2 Å². The lowest BCUT2D eigenvalue weighted by molar-refractivity contribution is 0.0694. The predicted octanol–water partition coefficient (Wildman–Crippen LogP) is 5.72. The van der Waals surface area contributed by atoms with Crippen LogP contribution >= 0.6 is 0 Å². The van der Waals surface area contributed by atoms with E-state index >= 15 is 0 Å². The molecule has 3 aromatic rings. The Labute approximate surface area is 237 Å². The number of nitrogens with zero attached hydrogens (tertiary/aromatic N) is 1. The fourth-order valence-electron chi connectivity index (χ4n) is 5.56. The molecule has 0 bridgehead atoms. The Morgan fingerprint density at radius 2 is 1.75 bits per heavy atom. The van der Waals surface area contributed by atoms with Crippen molar-refractivity contribution in [2.45, 2.75) is 96.0 Å². The molecule has 0 radical (unpaired) electrons. The van der Waals surface area contributed by atoms with E-state index in [2.05, 4.69) is 14.6 Å². The van der Waals surface area contributed by atoms with Crippen LogP contribution in [0.2, 0.25) is 0 Å². The van der Waals surface area contributed by atoms with Crippen LogP contribution in [0, 0.1) is 12.8 Å². The number of sulfonamides is 1. The number of rotatable bonds is 8. The lowest BCUT2D eigenvalue weighted by Gasteiger charge is -2.27. The van der Waals surface area contributed by atoms with Gasteiger partial charge in [-0.05, 0) is 84.2 Å². The van der Waals surface area contributed by atoms with Gasteiger partial charge in [0, 0.05) is 41.0 Å². The van der Waals surface area contributed by atoms with Crippen molar-refractivity contribution in [3.63, 3.8) is 0 Å². The van der Waals surface area contributed by atoms with Gasteiger partial charge in [0.1, 0.15) is 6.17 Å². The molecular weight excluding hydrogens is 529 g/mol. The van der Waals surface area contributed by atoms with Crippen LogP contribution < -0.4 is 10.0 Å². The number of halogens is 1. The molecule has 4 rings (SSSR count). The van der Waals surface area contributed by atoms with Crippen LogP contribution in [0.15, 0.2) is 47.4 Å². The van der Waals surface area contributed by atoms with E-state index in [0.717, 1.165) is 35.2 Å². The molecular formula is C31H42FN3O4S. The minimum atomic E-state index is -3.81. The van der Waals surface area contributed by atoms with E-state index in [1.54, 1.807) is 52.8 Å². The summed E-state index contributed by atoms with van der Waals surface area (Å²) in [7, 11) is -3.81. The molecule has 0 spiro atoms. The molecule has 1 saturated carbocycles. The average molecular weight is 572 g/mol. The van der Waals surface area contributed by atoms with Crippen molar-refractivity contribution in [3.05, 3.63) is 53.7 Å². The number of amides is 1. The summed E-state index contributed by atoms with van der Waals surface area (Å²) in [5.41, 5.74) is 1.08. The van der Waals surface area contributed by atoms with Gasteiger partial charge in [0.2, 0.25) is 10.0 Å². The van der Waals surface area contributed by atoms with Crippen molar-refractivity contribution in [1.29, 1.82) is 0 Å². The quantitative estimate of drug-likeness (QED) is 0.322. The van der Waals surface area contributed by atoms with E-state index in [9.17, 15) is 22.7 Å². The maximum Gasteiger partial charge on any atom is 0.253 e. The van der Waals surface area contributed by atoms with Crippen molar-refractivity contribution < 1.29 is 22.7 Å². The summed E-state index contributed by atoms with van der Waals surface area (Å²) < 4.78 is 45.8. The number of hydrogen-bond donors (Lipinski definition) is 3. The van der Waals surface area contributed by atoms with Crippen molar-refractivity contribution >= 4 is 26.7 Å². The molecule has 2 aromatic carbocycles. The highest BCUT2D eigenvalue weighted by Gasteiger charge is 2.28. The normalized spacial score (nSPS) is 18.7. The number of benzene rings is 2. The van der Waals surface area contributed by atoms with Crippen molar-refractivity contribution in [2.75, 3.05) is 6.54 Å². The van der Waals surface area contributed by atoms with Gasteiger partial charge in [-0.1, -0.05) is 36.8 Å². The summed E-state index contributed by atoms with van der Waals surface area (Å²) >= 11 is 0. The maximum atomic E-state index is 14.3. The molecule has 0 aliphatic heterocycles. The molecule has 1 aromatic heterocycles. The van der Waals surface area contributed by atoms with Gasteiger partial charge >= 0.3 is 0 Å². The van der Waals surface area contributed by atoms with E-state index in [4.69, 9.17) is 0 Å². The van der Waals surface area contributed by atoms with Gasteiger partial charge in [-0.15, -0.1) is 0 Å². The highest BCUT2D eigenvalue weighted by molar-refractivity contribution is 7.89. The van der Waals surface area contributed by atoms with Gasteiger partial charge in [-0.25, -0.2) is 17.5 Å². The molecule has 3 N–H and O–H groups in total. The van der Waals surface area contributed by atoms with Crippen LogP contribution in [0.25, 0.3) is 22.0 Å². The fourth-order valence-corrected chi connectivity index (χ4v) is 7.19. The van der Waals surface area contributed by atoms with Crippen LogP contribution in [0.3, 0.4) is 0 Å². The van der Waals surface area contributed by atoms with Crippen LogP contribution in [-0.4, -0.2) is 47.9 Å². The molecule has 1 heterocycles. The second kappa shape index (κ2) is 11.3. The van der Waals surface area contributed by atoms with Gasteiger partial charge in [-0.3, -0.25) is 4.79 Å². The monoisotopic (exact) mass is 571 g/mol. The van der Waals surface area contributed by atoms with E-state index in [0.29, 0.717) is 30.3 Å². The van der Waals surface area contributed by atoms with Gasteiger partial charge in [-0.2, -0.15) is 0 Å². The Kier molecular flexibility index (Phi) is 8.50. The number of carbonyl (C=O) groups excluding carboxylic acids is 1. The van der Waals surface area contributed by atoms with Crippen molar-refractivity contribution in [2.24, 2.45) is 5.92 Å². The molecule has 2 unspecified atom stereocenters. The van der Waals surface area contributed by atoms with Gasteiger partial charge in [0.05, 0.1) is 16.1 Å². The molecule has 1 aliphatic carbocycles. The topological polar surface area (TPSA) is 100 Å². The molecule has 0 saturated heterocycles. The number of fused-ring (bicyclic) bond motifs is 1. The number of aromatic nitrogens is 1. The first-order valence-corrected chi connectivity index (χ1v) is 15.4. The molecule has 218 valence electrons. The Morgan fingerprint density at radius 3 is 2.38 bits per heavy atom. The lowest BCUT2D eigenvalue weighted by atomic mass is 9.88. The second-order valence-electron chi connectivity index (χ2n) is 12.8. The highest BCUT2D eigenvalue weighted by Crippen LogP contribution is 2.37. The van der Waals surface area contributed by atoms with Crippen molar-refractivity contribution in [1.82, 2.24) is 14.6 Å². The Balaban J connectivity index is 1.86. The number of alkyl halides is 1. The minimum Gasteiger partial charge on any atom is -0.389 e. The summed E-state index contributed by atoms with van der Waals surface area (Å²) in [4.78, 5) is 13.4. The summed E-state index contributed by atoms with van der Waals surface area (Å²) in [5, 5.41) is 14.3. The van der Waals surface area contributed by atoms with E-state index in [1.165, 1.54) is 0 Å². The van der Waals surface area contributed by atoms with E-state index < -0.39 is 27.3 Å². The third-order valence-electron chi connectivity index (χ3n) is 7.34. The van der Waals surface area contributed by atoms with Gasteiger partial charge in [0.25, 0.3) is 5.91 Å². The highest BCUT2D eigenvalue weighted by atomic mass is 32.2. The first-order valence-electron chi connectivity index (χ1n) is 14.0. The molecule has 7 nitrogen and oxygen atoms in total. The first kappa shape index (κ1) is 30.2. The summed E-state index contributed by atoms with van der Waals surface area (Å²) in [5.74, 6) is -0.174. The van der Waals surface area contributed by atoms with Gasteiger partial charge in [0.15, 0.2) is 0 Å². The second-order valence-corrected chi connectivity index (χ2v) is 14.4. The number of aliphatic hydroxyl groups is 1. The Bertz CT molecular complexity index is 1500. The summed E-state index contributed by atoms with van der Waals surface area (Å²) in [6, 6.07) is 12.6. The Morgan fingerprint density at radius 1 is 1.07 bits per heavy atom. The van der Waals surface area contributed by atoms with Crippen LogP contribution in [0.4, 0.5) is 4.39 Å². The minimum absolute atomic E-state index is 0.0915. The van der Waals surface area contributed by atoms with Crippen LogP contribution in [0.5, 0.6) is 0 Å². The zero-order chi connectivity index (χ0) is 29.5.